The molecule has 0 unspecified atom stereocenters. The second kappa shape index (κ2) is 9.71. The number of rotatable bonds is 7. The molecule has 25 heavy (non-hydrogen) atoms. The van der Waals surface area contributed by atoms with Crippen molar-refractivity contribution in [2.45, 2.75) is 11.3 Å². The third-order valence-electron chi connectivity index (χ3n) is 3.65. The van der Waals surface area contributed by atoms with Crippen molar-refractivity contribution in [1.82, 2.24) is 20.3 Å². The lowest BCUT2D eigenvalue weighted by Crippen LogP contribution is -2.49. The van der Waals surface area contributed by atoms with Crippen LogP contribution in [0.3, 0.4) is 0 Å². The van der Waals surface area contributed by atoms with Crippen molar-refractivity contribution in [1.29, 1.82) is 0 Å². The van der Waals surface area contributed by atoms with E-state index in [1.54, 1.807) is 0 Å². The highest BCUT2D eigenvalue weighted by Crippen LogP contribution is 2.17. The quantitative estimate of drug-likeness (QED) is 0.547. The third kappa shape index (κ3) is 5.67. The molecular weight excluding hydrogens is 368 g/mol. The zero-order chi connectivity index (χ0) is 17.6. The lowest BCUT2D eigenvalue weighted by Gasteiger charge is -2.25. The molecule has 1 aliphatic rings. The highest BCUT2D eigenvalue weighted by atomic mass is 35.5. The maximum Gasteiger partial charge on any atom is 0.251 e. The molecule has 0 atom stereocenters. The van der Waals surface area contributed by atoms with Gasteiger partial charge in [-0.1, -0.05) is 0 Å². The van der Waals surface area contributed by atoms with Crippen LogP contribution in [0.4, 0.5) is 0 Å². The number of nitrogens with zero attached hydrogens (tertiary/aromatic N) is 1. The van der Waals surface area contributed by atoms with Crippen LogP contribution in [-0.2, 0) is 14.8 Å². The van der Waals surface area contributed by atoms with Crippen LogP contribution in [0.2, 0.25) is 0 Å². The first kappa shape index (κ1) is 21.4. The largest absolute Gasteiger partial charge is 0.354 e. The molecule has 8 nitrogen and oxygen atoms in total. The van der Waals surface area contributed by atoms with Gasteiger partial charge in [0.05, 0.1) is 11.4 Å². The summed E-state index contributed by atoms with van der Waals surface area (Å²) in [5.41, 5.74) is 0.398. The van der Waals surface area contributed by atoms with Crippen LogP contribution in [0, 0.1) is 0 Å². The normalized spacial score (nSPS) is 15.2. The van der Waals surface area contributed by atoms with Gasteiger partial charge in [0, 0.05) is 25.2 Å². The van der Waals surface area contributed by atoms with E-state index in [1.165, 1.54) is 24.3 Å². The van der Waals surface area contributed by atoms with Gasteiger partial charge in [-0.3, -0.25) is 9.59 Å². The molecule has 0 radical (unpaired) electrons. The second-order valence-corrected chi connectivity index (χ2v) is 7.36. The summed E-state index contributed by atoms with van der Waals surface area (Å²) in [6, 6.07) is 5.74. The summed E-state index contributed by atoms with van der Waals surface area (Å²) in [5.74, 6) is -0.560. The van der Waals surface area contributed by atoms with Crippen LogP contribution in [0.1, 0.15) is 16.8 Å². The minimum absolute atomic E-state index is 0. The molecule has 1 aromatic rings. The number of hydrogen-bond donors (Lipinski definition) is 3. The zero-order valence-electron chi connectivity index (χ0n) is 13.9. The Balaban J connectivity index is 0.00000312. The molecule has 1 aliphatic heterocycles. The van der Waals surface area contributed by atoms with Crippen molar-refractivity contribution in [3.63, 3.8) is 0 Å². The molecule has 10 heteroatoms. The molecule has 1 saturated heterocycles. The molecule has 2 amide bonds. The summed E-state index contributed by atoms with van der Waals surface area (Å²) in [4.78, 5) is 23.4. The van der Waals surface area contributed by atoms with E-state index in [4.69, 9.17) is 0 Å². The van der Waals surface area contributed by atoms with Crippen molar-refractivity contribution in [2.75, 3.05) is 39.8 Å². The van der Waals surface area contributed by atoms with Crippen molar-refractivity contribution < 1.29 is 18.0 Å². The minimum Gasteiger partial charge on any atom is -0.354 e. The number of halogens is 1. The van der Waals surface area contributed by atoms with E-state index in [9.17, 15) is 18.0 Å². The maximum absolute atomic E-state index is 12.5. The van der Waals surface area contributed by atoms with Crippen molar-refractivity contribution in [3.05, 3.63) is 29.8 Å². The summed E-state index contributed by atoms with van der Waals surface area (Å²) < 4.78 is 26.1. The fourth-order valence-corrected chi connectivity index (χ4v) is 3.71. The van der Waals surface area contributed by atoms with Gasteiger partial charge in [-0.15, -0.1) is 12.4 Å². The van der Waals surface area contributed by atoms with Crippen LogP contribution in [0.25, 0.3) is 0 Å². The van der Waals surface area contributed by atoms with Crippen molar-refractivity contribution >= 4 is 34.2 Å². The van der Waals surface area contributed by atoms with Crippen molar-refractivity contribution in [2.24, 2.45) is 0 Å². The Morgan fingerprint density at radius 2 is 1.92 bits per heavy atom. The van der Waals surface area contributed by atoms with E-state index >= 15 is 0 Å². The Hall–Kier alpha value is -1.68. The van der Waals surface area contributed by atoms with Gasteiger partial charge in [-0.25, -0.2) is 8.42 Å². The van der Waals surface area contributed by atoms with Crippen LogP contribution >= 0.6 is 12.4 Å². The predicted molar refractivity (Wildman–Crippen MR) is 96.3 cm³/mol. The molecule has 3 N–H and O–H groups in total. The Labute approximate surface area is 153 Å². The van der Waals surface area contributed by atoms with E-state index in [0.717, 1.165) is 17.3 Å². The van der Waals surface area contributed by atoms with E-state index in [2.05, 4.69) is 16.0 Å². The fourth-order valence-electron chi connectivity index (χ4n) is 2.32. The smallest absolute Gasteiger partial charge is 0.251 e. The summed E-state index contributed by atoms with van der Waals surface area (Å²) in [5, 5.41) is 8.34. The van der Waals surface area contributed by atoms with Crippen LogP contribution < -0.4 is 16.0 Å². The van der Waals surface area contributed by atoms with Gasteiger partial charge >= 0.3 is 0 Å². The molecule has 0 saturated carbocycles. The number of carbonyl (C=O) groups is 2. The topological polar surface area (TPSA) is 108 Å². The molecule has 2 rings (SSSR count). The molecule has 1 heterocycles. The molecule has 0 bridgehead atoms. The number of sulfonamides is 1. The van der Waals surface area contributed by atoms with E-state index in [-0.39, 0.29) is 42.2 Å². The first-order valence-corrected chi connectivity index (χ1v) is 9.19. The van der Waals surface area contributed by atoms with Gasteiger partial charge < -0.3 is 16.0 Å². The average molecular weight is 391 g/mol. The molecular formula is C15H23ClN4O4S. The highest BCUT2D eigenvalue weighted by Gasteiger charge is 2.29. The van der Waals surface area contributed by atoms with Gasteiger partial charge in [0.1, 0.15) is 0 Å². The number of carbonyl (C=O) groups excluding carboxylic acids is 2. The highest BCUT2D eigenvalue weighted by molar-refractivity contribution is 7.89. The number of amides is 2. The first-order valence-electron chi connectivity index (χ1n) is 7.75. The van der Waals surface area contributed by atoms with Crippen LogP contribution in [0.15, 0.2) is 29.2 Å². The maximum atomic E-state index is 12.5. The monoisotopic (exact) mass is 390 g/mol. The molecule has 140 valence electrons. The Morgan fingerprint density at radius 1 is 1.24 bits per heavy atom. The Bertz CT molecular complexity index is 694. The van der Waals surface area contributed by atoms with E-state index in [1.807, 2.05) is 7.05 Å². The summed E-state index contributed by atoms with van der Waals surface area (Å²) in [7, 11) is -1.89. The predicted octanol–water partition coefficient (Wildman–Crippen LogP) is -0.432. The summed E-state index contributed by atoms with van der Waals surface area (Å²) in [6.45, 7) is 1.70. The van der Waals surface area contributed by atoms with Gasteiger partial charge in [0.25, 0.3) is 5.91 Å². The Morgan fingerprint density at radius 3 is 2.52 bits per heavy atom. The third-order valence-corrected chi connectivity index (χ3v) is 5.51. The van der Waals surface area contributed by atoms with Crippen molar-refractivity contribution in [3.8, 4) is 0 Å². The van der Waals surface area contributed by atoms with Crippen LogP contribution in [-0.4, -0.2) is 64.3 Å². The van der Waals surface area contributed by atoms with Gasteiger partial charge in [0.15, 0.2) is 0 Å². The number of hydrogen-bond acceptors (Lipinski definition) is 5. The lowest BCUT2D eigenvalue weighted by atomic mass is 10.2. The number of piperazine rings is 1. The summed E-state index contributed by atoms with van der Waals surface area (Å²) in [6.07, 6.45) is 0.811. The molecule has 1 aromatic carbocycles. The molecule has 0 spiro atoms. The van der Waals surface area contributed by atoms with E-state index < -0.39 is 10.0 Å². The van der Waals surface area contributed by atoms with Gasteiger partial charge in [-0.2, -0.15) is 4.31 Å². The molecule has 1 fully saturated rings. The van der Waals surface area contributed by atoms with Crippen LogP contribution in [0.5, 0.6) is 0 Å². The number of nitrogens with one attached hydrogen (secondary N) is 3. The van der Waals surface area contributed by atoms with Gasteiger partial charge in [0.2, 0.25) is 15.9 Å². The molecule has 0 aliphatic carbocycles. The Kier molecular flexibility index (Phi) is 8.30. The SMILES string of the molecule is CNCCCNC(=O)c1ccc(S(=O)(=O)N2CCNC(=O)C2)cc1.Cl. The minimum atomic E-state index is -3.73. The lowest BCUT2D eigenvalue weighted by molar-refractivity contribution is -0.122. The fraction of sp³-hybridized carbons (Fsp3) is 0.467. The van der Waals surface area contributed by atoms with E-state index in [0.29, 0.717) is 18.7 Å². The number of benzene rings is 1. The first-order chi connectivity index (χ1) is 11.4. The van der Waals surface area contributed by atoms with Gasteiger partial charge in [-0.05, 0) is 44.3 Å². The average Bonchev–Trinajstić information content (AvgIpc) is 2.58. The standard InChI is InChI=1S/C15H22N4O4S.ClH/c1-16-7-2-8-18-15(21)12-3-5-13(6-4-12)24(22,23)19-10-9-17-14(20)11-19;/h3-6,16H,2,7-11H2,1H3,(H,17,20)(H,18,21);1H. The second-order valence-electron chi connectivity index (χ2n) is 5.43. The summed E-state index contributed by atoms with van der Waals surface area (Å²) >= 11 is 0. The zero-order valence-corrected chi connectivity index (χ0v) is 15.6. The molecule has 0 aromatic heterocycles.